The van der Waals surface area contributed by atoms with Gasteiger partial charge in [0.15, 0.2) is 23.7 Å². The molecule has 0 radical (unpaired) electrons. The van der Waals surface area contributed by atoms with E-state index in [9.17, 15) is 24.3 Å². The SMILES string of the molecule is COc1ccc2c3c1O[C@H]1C(OC(=O)[C@@H](OC(=O)CCNC(=O)[C@H](C)OC(=O)OC(C)(C)C)c4ccccc4)=CC[C@@]4(O)[C@@H](C2)N(C)CC[C@]314. The Balaban J connectivity index is 1.17. The van der Waals surface area contributed by atoms with Gasteiger partial charge in [-0.3, -0.25) is 9.59 Å². The molecule has 13 heteroatoms. The third-order valence-electron chi connectivity index (χ3n) is 10.0. The first-order valence-electron chi connectivity index (χ1n) is 16.8. The molecule has 2 N–H and O–H groups in total. The van der Waals surface area contributed by atoms with E-state index in [1.165, 1.54) is 6.92 Å². The molecule has 2 aliphatic carbocycles. The fraction of sp³-hybridized carbons (Fsp3) is 0.514. The van der Waals surface area contributed by atoms with E-state index in [1.807, 2.05) is 19.2 Å². The Morgan fingerprint density at radius 2 is 1.84 bits per heavy atom. The highest BCUT2D eigenvalue weighted by molar-refractivity contribution is 5.84. The van der Waals surface area contributed by atoms with Crippen LogP contribution in [0.3, 0.4) is 0 Å². The highest BCUT2D eigenvalue weighted by Gasteiger charge is 2.72. The predicted molar refractivity (Wildman–Crippen MR) is 177 cm³/mol. The molecule has 13 nitrogen and oxygen atoms in total. The number of likely N-dealkylation sites (tertiary alicyclic amines) is 1. The number of amides is 1. The molecule has 2 heterocycles. The highest BCUT2D eigenvalue weighted by atomic mass is 16.7. The van der Waals surface area contributed by atoms with E-state index in [2.05, 4.69) is 10.2 Å². The maximum atomic E-state index is 13.9. The van der Waals surface area contributed by atoms with Crippen molar-refractivity contribution in [2.75, 3.05) is 27.2 Å². The zero-order valence-corrected chi connectivity index (χ0v) is 29.1. The van der Waals surface area contributed by atoms with Gasteiger partial charge in [0.25, 0.3) is 5.91 Å². The number of hydrogen-bond acceptors (Lipinski definition) is 12. The number of methoxy groups -OCH3 is 1. The van der Waals surface area contributed by atoms with Crippen LogP contribution >= 0.6 is 0 Å². The molecule has 2 aromatic carbocycles. The second-order valence-electron chi connectivity index (χ2n) is 14.3. The number of aliphatic hydroxyl groups is 1. The molecule has 2 aromatic rings. The van der Waals surface area contributed by atoms with Crippen molar-refractivity contribution in [1.29, 1.82) is 0 Å². The Morgan fingerprint density at radius 1 is 1.10 bits per heavy atom. The number of esters is 2. The third kappa shape index (κ3) is 6.17. The lowest BCUT2D eigenvalue weighted by Gasteiger charge is -2.61. The molecule has 50 heavy (non-hydrogen) atoms. The summed E-state index contributed by atoms with van der Waals surface area (Å²) < 4.78 is 34.0. The summed E-state index contributed by atoms with van der Waals surface area (Å²) in [4.78, 5) is 53.5. The molecule has 268 valence electrons. The molecular formula is C37H44N2O11. The van der Waals surface area contributed by atoms with Gasteiger partial charge in [0.1, 0.15) is 11.4 Å². The molecule has 2 aliphatic heterocycles. The summed E-state index contributed by atoms with van der Waals surface area (Å²) in [5.74, 6) is -0.939. The van der Waals surface area contributed by atoms with Gasteiger partial charge in [-0.1, -0.05) is 36.4 Å². The van der Waals surface area contributed by atoms with Crippen molar-refractivity contribution in [1.82, 2.24) is 10.2 Å². The highest BCUT2D eigenvalue weighted by Crippen LogP contribution is 2.65. The van der Waals surface area contributed by atoms with E-state index in [1.54, 1.807) is 64.3 Å². The van der Waals surface area contributed by atoms with E-state index in [0.717, 1.165) is 11.1 Å². The van der Waals surface area contributed by atoms with Gasteiger partial charge in [0, 0.05) is 30.1 Å². The van der Waals surface area contributed by atoms with Gasteiger partial charge in [-0.05, 0) is 71.8 Å². The van der Waals surface area contributed by atoms with Gasteiger partial charge in [0.05, 0.1) is 24.5 Å². The summed E-state index contributed by atoms with van der Waals surface area (Å²) in [5.41, 5.74) is -0.510. The number of nitrogens with one attached hydrogen (secondary N) is 1. The first kappa shape index (κ1) is 35.2. The first-order chi connectivity index (χ1) is 23.7. The molecule has 6 rings (SSSR count). The average Bonchev–Trinajstić information content (AvgIpc) is 3.42. The number of carbonyl (C=O) groups is 4. The van der Waals surface area contributed by atoms with E-state index in [0.29, 0.717) is 36.4 Å². The second kappa shape index (κ2) is 13.3. The number of likely N-dealkylation sites (N-methyl/N-ethyl adjacent to an activating group) is 1. The molecule has 1 amide bonds. The number of rotatable bonds is 10. The van der Waals surface area contributed by atoms with Crippen LogP contribution in [0.5, 0.6) is 11.5 Å². The summed E-state index contributed by atoms with van der Waals surface area (Å²) in [5, 5.41) is 15.0. The number of nitrogens with zero attached hydrogens (tertiary/aromatic N) is 1. The summed E-state index contributed by atoms with van der Waals surface area (Å²) in [7, 11) is 3.57. The fourth-order valence-electron chi connectivity index (χ4n) is 7.73. The van der Waals surface area contributed by atoms with E-state index in [-0.39, 0.29) is 31.2 Å². The minimum Gasteiger partial charge on any atom is -0.493 e. The van der Waals surface area contributed by atoms with Crippen molar-refractivity contribution in [3.8, 4) is 11.5 Å². The van der Waals surface area contributed by atoms with Gasteiger partial charge < -0.3 is 43.7 Å². The van der Waals surface area contributed by atoms with Crippen LogP contribution in [0.1, 0.15) is 69.8 Å². The molecule has 4 aliphatic rings. The fourth-order valence-corrected chi connectivity index (χ4v) is 7.73. The molecule has 0 saturated carbocycles. The zero-order chi connectivity index (χ0) is 36.0. The molecule has 0 aromatic heterocycles. The Hall–Kier alpha value is -4.62. The van der Waals surface area contributed by atoms with Crippen molar-refractivity contribution in [2.24, 2.45) is 0 Å². The quantitative estimate of drug-likeness (QED) is 0.276. The Bertz CT molecular complexity index is 1700. The summed E-state index contributed by atoms with van der Waals surface area (Å²) in [6, 6.07) is 12.2. The smallest absolute Gasteiger partial charge is 0.493 e. The standard InChI is InChI=1S/C37H44N2O11/c1-21(46-34(43)50-35(2,3)4)32(41)38-18-15-27(40)48-29(22-10-8-7-9-11-22)33(42)47-25-14-16-37(44)26-20-23-12-13-24(45-6)30-28(23)36(37,31(25)49-30)17-19-39(26)5/h7-14,21,26,29,31,44H,15-20H2,1-6H3,(H,38,41)/t21-,26+,29-,31-,36-,37+/m0/s1. The second-order valence-corrected chi connectivity index (χ2v) is 14.3. The molecule has 0 unspecified atom stereocenters. The van der Waals surface area contributed by atoms with Crippen LogP contribution in [0, 0.1) is 0 Å². The minimum atomic E-state index is -1.43. The van der Waals surface area contributed by atoms with Crippen molar-refractivity contribution in [3.63, 3.8) is 0 Å². The van der Waals surface area contributed by atoms with E-state index >= 15 is 0 Å². The molecule has 2 bridgehead atoms. The van der Waals surface area contributed by atoms with Crippen LogP contribution in [0.4, 0.5) is 4.79 Å². The maximum absolute atomic E-state index is 13.9. The Labute approximate surface area is 290 Å². The van der Waals surface area contributed by atoms with Crippen LogP contribution in [-0.4, -0.2) is 90.7 Å². The largest absolute Gasteiger partial charge is 0.509 e. The molecule has 1 fully saturated rings. The lowest BCUT2D eigenvalue weighted by Crippen LogP contribution is -2.74. The van der Waals surface area contributed by atoms with Crippen LogP contribution < -0.4 is 14.8 Å². The normalized spacial score (nSPS) is 25.9. The average molecular weight is 693 g/mol. The summed E-state index contributed by atoms with van der Waals surface area (Å²) >= 11 is 0. The predicted octanol–water partition coefficient (Wildman–Crippen LogP) is 3.65. The molecular weight excluding hydrogens is 648 g/mol. The number of benzene rings is 2. The monoisotopic (exact) mass is 692 g/mol. The first-order valence-corrected chi connectivity index (χ1v) is 16.8. The number of hydrogen-bond donors (Lipinski definition) is 2. The number of carbonyl (C=O) groups excluding carboxylic acids is 4. The summed E-state index contributed by atoms with van der Waals surface area (Å²) in [6.07, 6.45) is -1.56. The van der Waals surface area contributed by atoms with Gasteiger partial charge in [-0.25, -0.2) is 9.59 Å². The van der Waals surface area contributed by atoms with E-state index in [4.69, 9.17) is 28.4 Å². The molecule has 1 spiro atoms. The van der Waals surface area contributed by atoms with Crippen molar-refractivity contribution in [3.05, 3.63) is 71.0 Å². The van der Waals surface area contributed by atoms with Crippen LogP contribution in [0.15, 0.2) is 54.3 Å². The van der Waals surface area contributed by atoms with E-state index < -0.39 is 58.9 Å². The van der Waals surface area contributed by atoms with Crippen molar-refractivity contribution >= 4 is 24.0 Å². The Morgan fingerprint density at radius 3 is 2.54 bits per heavy atom. The molecule has 6 atom stereocenters. The molecule has 1 saturated heterocycles. The lowest BCUT2D eigenvalue weighted by molar-refractivity contribution is -0.176. The van der Waals surface area contributed by atoms with Gasteiger partial charge in [-0.2, -0.15) is 0 Å². The van der Waals surface area contributed by atoms with Gasteiger partial charge in [0.2, 0.25) is 6.10 Å². The lowest BCUT2D eigenvalue weighted by atomic mass is 9.50. The minimum absolute atomic E-state index is 0.142. The van der Waals surface area contributed by atoms with Crippen molar-refractivity contribution < 1.29 is 52.7 Å². The van der Waals surface area contributed by atoms with Gasteiger partial charge in [-0.15, -0.1) is 0 Å². The number of piperidine rings is 1. The third-order valence-corrected chi connectivity index (χ3v) is 10.0. The topological polar surface area (TPSA) is 159 Å². The van der Waals surface area contributed by atoms with Crippen LogP contribution in [-0.2, 0) is 45.2 Å². The van der Waals surface area contributed by atoms with Crippen LogP contribution in [0.25, 0.3) is 0 Å². The van der Waals surface area contributed by atoms with Crippen molar-refractivity contribution in [2.45, 2.75) is 94.3 Å². The van der Waals surface area contributed by atoms with Crippen LogP contribution in [0.2, 0.25) is 0 Å². The zero-order valence-electron chi connectivity index (χ0n) is 29.1. The Kier molecular flexibility index (Phi) is 9.33. The maximum Gasteiger partial charge on any atom is 0.509 e. The number of ether oxygens (including phenoxy) is 6. The summed E-state index contributed by atoms with van der Waals surface area (Å²) in [6.45, 7) is 6.95. The van der Waals surface area contributed by atoms with Gasteiger partial charge >= 0.3 is 18.1 Å².